The molecule has 108 valence electrons. The van der Waals surface area contributed by atoms with Gasteiger partial charge < -0.3 is 14.8 Å². The van der Waals surface area contributed by atoms with Gasteiger partial charge in [0.2, 0.25) is 0 Å². The number of hydrogen-bond acceptors (Lipinski definition) is 4. The highest BCUT2D eigenvalue weighted by molar-refractivity contribution is 5.40. The van der Waals surface area contributed by atoms with Gasteiger partial charge in [-0.15, -0.1) is 0 Å². The molecule has 1 N–H and O–H groups in total. The molecule has 1 unspecified atom stereocenters. The fourth-order valence-electron chi connectivity index (χ4n) is 2.17. The molecule has 0 spiro atoms. The van der Waals surface area contributed by atoms with Crippen LogP contribution in [0.3, 0.4) is 0 Å². The van der Waals surface area contributed by atoms with E-state index in [-0.39, 0.29) is 6.04 Å². The van der Waals surface area contributed by atoms with Crippen molar-refractivity contribution in [3.05, 3.63) is 41.7 Å². The molecule has 0 aliphatic rings. The summed E-state index contributed by atoms with van der Waals surface area (Å²) in [5, 5.41) is 7.66. The number of nitrogens with zero attached hydrogens (tertiary/aromatic N) is 2. The van der Waals surface area contributed by atoms with E-state index in [9.17, 15) is 0 Å². The molecule has 0 saturated heterocycles. The first kappa shape index (κ1) is 14.4. The van der Waals surface area contributed by atoms with Crippen molar-refractivity contribution in [3.8, 4) is 11.5 Å². The zero-order valence-corrected chi connectivity index (χ0v) is 12.4. The summed E-state index contributed by atoms with van der Waals surface area (Å²) in [7, 11) is 5.27. The van der Waals surface area contributed by atoms with Gasteiger partial charge in [-0.2, -0.15) is 5.10 Å². The molecule has 1 aromatic carbocycles. The summed E-state index contributed by atoms with van der Waals surface area (Å²) in [5.41, 5.74) is 2.25. The lowest BCUT2D eigenvalue weighted by Gasteiger charge is -2.16. The average Bonchev–Trinajstić information content (AvgIpc) is 2.90. The van der Waals surface area contributed by atoms with Crippen molar-refractivity contribution in [1.29, 1.82) is 0 Å². The van der Waals surface area contributed by atoms with E-state index in [1.807, 2.05) is 42.2 Å². The SMILES string of the molecule is COc1ccc(CNC(C)c2ccnn2C)c(OC)c1. The van der Waals surface area contributed by atoms with Crippen LogP contribution >= 0.6 is 0 Å². The summed E-state index contributed by atoms with van der Waals surface area (Å²) in [4.78, 5) is 0. The Hall–Kier alpha value is -2.01. The fraction of sp³-hybridized carbons (Fsp3) is 0.400. The number of aryl methyl sites for hydroxylation is 1. The van der Waals surface area contributed by atoms with Crippen LogP contribution < -0.4 is 14.8 Å². The van der Waals surface area contributed by atoms with Crippen molar-refractivity contribution in [2.45, 2.75) is 19.5 Å². The smallest absolute Gasteiger partial charge is 0.127 e. The Morgan fingerprint density at radius 2 is 2.05 bits per heavy atom. The summed E-state index contributed by atoms with van der Waals surface area (Å²) < 4.78 is 12.5. The lowest BCUT2D eigenvalue weighted by molar-refractivity contribution is 0.388. The van der Waals surface area contributed by atoms with E-state index < -0.39 is 0 Å². The van der Waals surface area contributed by atoms with Gasteiger partial charge in [0.15, 0.2) is 0 Å². The molecule has 2 rings (SSSR count). The topological polar surface area (TPSA) is 48.3 Å². The molecule has 0 aliphatic heterocycles. The first-order chi connectivity index (χ1) is 9.65. The second-order valence-corrected chi connectivity index (χ2v) is 4.66. The van der Waals surface area contributed by atoms with Gasteiger partial charge in [-0.25, -0.2) is 0 Å². The van der Waals surface area contributed by atoms with E-state index >= 15 is 0 Å². The van der Waals surface area contributed by atoms with Crippen LogP contribution in [0.2, 0.25) is 0 Å². The molecule has 0 fully saturated rings. The second-order valence-electron chi connectivity index (χ2n) is 4.66. The number of rotatable bonds is 6. The molecule has 0 radical (unpaired) electrons. The highest BCUT2D eigenvalue weighted by atomic mass is 16.5. The van der Waals surface area contributed by atoms with Crippen LogP contribution in [-0.2, 0) is 13.6 Å². The minimum atomic E-state index is 0.217. The standard InChI is InChI=1S/C15H21N3O2/c1-11(14-7-8-17-18(14)2)16-10-12-5-6-13(19-3)9-15(12)20-4/h5-9,11,16H,10H2,1-4H3. The number of benzene rings is 1. The fourth-order valence-corrected chi connectivity index (χ4v) is 2.17. The lowest BCUT2D eigenvalue weighted by Crippen LogP contribution is -2.20. The lowest BCUT2D eigenvalue weighted by atomic mass is 10.1. The largest absolute Gasteiger partial charge is 0.497 e. The van der Waals surface area contributed by atoms with E-state index in [1.165, 1.54) is 0 Å². The molecule has 20 heavy (non-hydrogen) atoms. The molecule has 2 aromatic rings. The maximum absolute atomic E-state index is 5.40. The minimum Gasteiger partial charge on any atom is -0.497 e. The molecular formula is C15H21N3O2. The summed E-state index contributed by atoms with van der Waals surface area (Å²) in [6.07, 6.45) is 1.81. The zero-order chi connectivity index (χ0) is 14.5. The molecule has 5 nitrogen and oxygen atoms in total. The molecule has 0 saturated carbocycles. The van der Waals surface area contributed by atoms with Gasteiger partial charge in [-0.3, -0.25) is 4.68 Å². The van der Waals surface area contributed by atoms with Crippen LogP contribution in [0.5, 0.6) is 11.5 Å². The van der Waals surface area contributed by atoms with Crippen LogP contribution in [0.25, 0.3) is 0 Å². The maximum Gasteiger partial charge on any atom is 0.127 e. The average molecular weight is 275 g/mol. The Morgan fingerprint density at radius 1 is 1.25 bits per heavy atom. The van der Waals surface area contributed by atoms with Crippen LogP contribution in [-0.4, -0.2) is 24.0 Å². The van der Waals surface area contributed by atoms with Crippen molar-refractivity contribution in [2.24, 2.45) is 7.05 Å². The third-order valence-corrected chi connectivity index (χ3v) is 3.40. The number of aromatic nitrogens is 2. The molecule has 0 amide bonds. The van der Waals surface area contributed by atoms with E-state index in [0.29, 0.717) is 0 Å². The van der Waals surface area contributed by atoms with Gasteiger partial charge in [0.25, 0.3) is 0 Å². The molecule has 0 aliphatic carbocycles. The first-order valence-corrected chi connectivity index (χ1v) is 6.58. The molecule has 1 atom stereocenters. The van der Waals surface area contributed by atoms with Crippen molar-refractivity contribution >= 4 is 0 Å². The Morgan fingerprint density at radius 3 is 2.65 bits per heavy atom. The summed E-state index contributed by atoms with van der Waals surface area (Å²) in [6, 6.07) is 8.08. The van der Waals surface area contributed by atoms with Crippen LogP contribution in [0.15, 0.2) is 30.5 Å². The van der Waals surface area contributed by atoms with Gasteiger partial charge in [0.1, 0.15) is 11.5 Å². The van der Waals surface area contributed by atoms with E-state index in [1.54, 1.807) is 14.2 Å². The summed E-state index contributed by atoms with van der Waals surface area (Å²) >= 11 is 0. The molecule has 1 aromatic heterocycles. The molecule has 1 heterocycles. The quantitative estimate of drug-likeness (QED) is 0.878. The number of nitrogens with one attached hydrogen (secondary N) is 1. The third-order valence-electron chi connectivity index (χ3n) is 3.40. The monoisotopic (exact) mass is 275 g/mol. The normalized spacial score (nSPS) is 12.2. The van der Waals surface area contributed by atoms with Gasteiger partial charge in [-0.1, -0.05) is 6.07 Å². The zero-order valence-electron chi connectivity index (χ0n) is 12.4. The summed E-state index contributed by atoms with van der Waals surface area (Å²) in [6.45, 7) is 2.84. The Labute approximate surface area is 119 Å². The van der Waals surface area contributed by atoms with Gasteiger partial charge in [0.05, 0.1) is 19.9 Å². The van der Waals surface area contributed by atoms with Crippen molar-refractivity contribution < 1.29 is 9.47 Å². The van der Waals surface area contributed by atoms with Gasteiger partial charge >= 0.3 is 0 Å². The number of hydrogen-bond donors (Lipinski definition) is 1. The molecule has 0 bridgehead atoms. The predicted molar refractivity (Wildman–Crippen MR) is 78.0 cm³/mol. The van der Waals surface area contributed by atoms with E-state index in [2.05, 4.69) is 17.3 Å². The molecular weight excluding hydrogens is 254 g/mol. The summed E-state index contributed by atoms with van der Waals surface area (Å²) in [5.74, 6) is 1.62. The van der Waals surface area contributed by atoms with Crippen molar-refractivity contribution in [2.75, 3.05) is 14.2 Å². The van der Waals surface area contributed by atoms with Gasteiger partial charge in [0, 0.05) is 37.5 Å². The van der Waals surface area contributed by atoms with Crippen molar-refractivity contribution in [3.63, 3.8) is 0 Å². The van der Waals surface area contributed by atoms with E-state index in [4.69, 9.17) is 9.47 Å². The second kappa shape index (κ2) is 6.43. The van der Waals surface area contributed by atoms with Crippen LogP contribution in [0, 0.1) is 0 Å². The molecule has 5 heteroatoms. The van der Waals surface area contributed by atoms with Crippen LogP contribution in [0.1, 0.15) is 24.2 Å². The van der Waals surface area contributed by atoms with Crippen LogP contribution in [0.4, 0.5) is 0 Å². The highest BCUT2D eigenvalue weighted by Gasteiger charge is 2.10. The minimum absolute atomic E-state index is 0.217. The Bertz CT molecular complexity index is 566. The first-order valence-electron chi connectivity index (χ1n) is 6.58. The highest BCUT2D eigenvalue weighted by Crippen LogP contribution is 2.25. The maximum atomic E-state index is 5.40. The third kappa shape index (κ3) is 3.11. The number of methoxy groups -OCH3 is 2. The predicted octanol–water partition coefficient (Wildman–Crippen LogP) is 2.29. The number of ether oxygens (including phenoxy) is 2. The van der Waals surface area contributed by atoms with Crippen molar-refractivity contribution in [1.82, 2.24) is 15.1 Å². The van der Waals surface area contributed by atoms with E-state index in [0.717, 1.165) is 29.3 Å². The Kier molecular flexibility index (Phi) is 4.63. The van der Waals surface area contributed by atoms with Gasteiger partial charge in [-0.05, 0) is 19.1 Å². The Balaban J connectivity index is 2.05.